The lowest BCUT2D eigenvalue weighted by molar-refractivity contribution is 0.719. The Kier molecular flexibility index (Phi) is 2.63. The van der Waals surface area contributed by atoms with Crippen LogP contribution >= 0.6 is 22.6 Å². The molecule has 0 atom stereocenters. The van der Waals surface area contributed by atoms with Crippen LogP contribution in [0.15, 0.2) is 12.1 Å². The fourth-order valence-corrected chi connectivity index (χ4v) is 3.38. The lowest BCUT2D eigenvalue weighted by Crippen LogP contribution is -1.95. The summed E-state index contributed by atoms with van der Waals surface area (Å²) < 4.78 is 2.99. The molecule has 0 bridgehead atoms. The van der Waals surface area contributed by atoms with Crippen molar-refractivity contribution in [2.45, 2.75) is 25.7 Å². The molecule has 0 amide bonds. The maximum Gasteiger partial charge on any atom is 0.110 e. The quantitative estimate of drug-likeness (QED) is 0.696. The van der Waals surface area contributed by atoms with Gasteiger partial charge in [-0.3, -0.25) is 0 Å². The van der Waals surface area contributed by atoms with Gasteiger partial charge in [-0.2, -0.15) is 0 Å². The normalized spacial score (nSPS) is 15.2. The highest BCUT2D eigenvalue weighted by Gasteiger charge is 2.27. The van der Waals surface area contributed by atoms with Crippen LogP contribution in [0.5, 0.6) is 0 Å². The van der Waals surface area contributed by atoms with Crippen LogP contribution in [-0.4, -0.2) is 25.0 Å². The van der Waals surface area contributed by atoms with Gasteiger partial charge in [-0.05, 0) is 54.5 Å². The van der Waals surface area contributed by atoms with Crippen LogP contribution in [0, 0.1) is 10.5 Å². The Morgan fingerprint density at radius 1 is 1.35 bits per heavy atom. The Bertz CT molecular complexity index is 793. The highest BCUT2D eigenvalue weighted by molar-refractivity contribution is 14.1. The Morgan fingerprint density at radius 2 is 2.15 bits per heavy atom. The standard InChI is InChI=1S/C14H14IN5/c1-7-13(20(2)19-18-7)9-5-10(15)12-11(6-9)16-14(17-12)8-3-4-8/h5-6,8H,3-4H2,1-2H3,(H,16,17). The van der Waals surface area contributed by atoms with E-state index in [1.807, 2.05) is 18.7 Å². The Balaban J connectivity index is 1.93. The van der Waals surface area contributed by atoms with Gasteiger partial charge in [0.2, 0.25) is 0 Å². The molecular weight excluding hydrogens is 365 g/mol. The van der Waals surface area contributed by atoms with E-state index in [1.54, 1.807) is 0 Å². The molecule has 1 aliphatic carbocycles. The molecule has 3 aromatic rings. The number of aromatic nitrogens is 5. The van der Waals surface area contributed by atoms with Crippen LogP contribution < -0.4 is 0 Å². The summed E-state index contributed by atoms with van der Waals surface area (Å²) in [4.78, 5) is 8.21. The van der Waals surface area contributed by atoms with Crippen molar-refractivity contribution in [3.8, 4) is 11.3 Å². The van der Waals surface area contributed by atoms with Gasteiger partial charge in [-0.15, -0.1) is 5.10 Å². The first kappa shape index (κ1) is 12.3. The van der Waals surface area contributed by atoms with Gasteiger partial charge in [0.15, 0.2) is 0 Å². The second-order valence-corrected chi connectivity index (χ2v) is 6.56. The third-order valence-electron chi connectivity index (χ3n) is 3.79. The van der Waals surface area contributed by atoms with Gasteiger partial charge in [0.1, 0.15) is 11.3 Å². The van der Waals surface area contributed by atoms with Crippen molar-refractivity contribution < 1.29 is 0 Å². The fourth-order valence-electron chi connectivity index (χ4n) is 2.64. The first-order valence-electron chi connectivity index (χ1n) is 6.69. The number of hydrogen-bond acceptors (Lipinski definition) is 3. The van der Waals surface area contributed by atoms with E-state index in [4.69, 9.17) is 4.98 Å². The van der Waals surface area contributed by atoms with Gasteiger partial charge in [0.05, 0.1) is 16.9 Å². The number of hydrogen-bond donors (Lipinski definition) is 1. The number of fused-ring (bicyclic) bond motifs is 1. The Morgan fingerprint density at radius 3 is 2.80 bits per heavy atom. The van der Waals surface area contributed by atoms with Gasteiger partial charge in [0.25, 0.3) is 0 Å². The van der Waals surface area contributed by atoms with Crippen LogP contribution in [0.2, 0.25) is 0 Å². The van der Waals surface area contributed by atoms with Crippen molar-refractivity contribution >= 4 is 33.6 Å². The minimum Gasteiger partial charge on any atom is -0.342 e. The second kappa shape index (κ2) is 4.28. The molecule has 2 heterocycles. The van der Waals surface area contributed by atoms with E-state index >= 15 is 0 Å². The molecule has 0 saturated heterocycles. The number of rotatable bonds is 2. The molecular formula is C14H14IN5. The van der Waals surface area contributed by atoms with E-state index in [-0.39, 0.29) is 0 Å². The highest BCUT2D eigenvalue weighted by atomic mass is 127. The molecule has 0 aliphatic heterocycles. The summed E-state index contributed by atoms with van der Waals surface area (Å²) in [6, 6.07) is 4.31. The van der Waals surface area contributed by atoms with Crippen LogP contribution in [0.1, 0.15) is 30.3 Å². The van der Waals surface area contributed by atoms with Crippen molar-refractivity contribution in [2.75, 3.05) is 0 Å². The summed E-state index contributed by atoms with van der Waals surface area (Å²) in [6.45, 7) is 1.99. The van der Waals surface area contributed by atoms with Crippen molar-refractivity contribution in [1.29, 1.82) is 0 Å². The summed E-state index contributed by atoms with van der Waals surface area (Å²) in [5.41, 5.74) is 5.33. The number of imidazole rings is 1. The maximum absolute atomic E-state index is 4.74. The topological polar surface area (TPSA) is 59.4 Å². The van der Waals surface area contributed by atoms with E-state index in [9.17, 15) is 0 Å². The van der Waals surface area contributed by atoms with Gasteiger partial charge < -0.3 is 4.98 Å². The molecule has 102 valence electrons. The lowest BCUT2D eigenvalue weighted by Gasteiger charge is -2.04. The third kappa shape index (κ3) is 1.85. The van der Waals surface area contributed by atoms with Crippen molar-refractivity contribution in [3.05, 3.63) is 27.2 Å². The van der Waals surface area contributed by atoms with Crippen LogP contribution in [0.3, 0.4) is 0 Å². The number of H-pyrrole nitrogens is 1. The van der Waals surface area contributed by atoms with E-state index in [0.29, 0.717) is 5.92 Å². The molecule has 1 N–H and O–H groups in total. The summed E-state index contributed by atoms with van der Waals surface area (Å²) in [5, 5.41) is 8.21. The largest absolute Gasteiger partial charge is 0.342 e. The molecule has 1 saturated carbocycles. The third-order valence-corrected chi connectivity index (χ3v) is 4.61. The molecule has 1 fully saturated rings. The van der Waals surface area contributed by atoms with Gasteiger partial charge in [-0.25, -0.2) is 9.67 Å². The van der Waals surface area contributed by atoms with Crippen molar-refractivity contribution in [2.24, 2.45) is 7.05 Å². The molecule has 0 spiro atoms. The van der Waals surface area contributed by atoms with Crippen LogP contribution in [0.4, 0.5) is 0 Å². The monoisotopic (exact) mass is 379 g/mol. The number of nitrogens with one attached hydrogen (secondary N) is 1. The SMILES string of the molecule is Cc1nnn(C)c1-c1cc(I)c2nc(C3CC3)[nH]c2c1. The highest BCUT2D eigenvalue weighted by Crippen LogP contribution is 2.40. The lowest BCUT2D eigenvalue weighted by atomic mass is 10.1. The minimum atomic E-state index is 0.641. The summed E-state index contributed by atoms with van der Waals surface area (Å²) in [5.74, 6) is 1.77. The zero-order chi connectivity index (χ0) is 13.9. The molecule has 4 rings (SSSR count). The van der Waals surface area contributed by atoms with Crippen molar-refractivity contribution in [1.82, 2.24) is 25.0 Å². The summed E-state index contributed by atoms with van der Waals surface area (Å²) in [6.07, 6.45) is 2.52. The van der Waals surface area contributed by atoms with E-state index in [1.165, 1.54) is 16.4 Å². The predicted octanol–water partition coefficient (Wildman–Crippen LogP) is 3.15. The first-order chi connectivity index (χ1) is 9.63. The number of aromatic amines is 1. The number of halogens is 1. The Labute approximate surface area is 129 Å². The molecule has 0 radical (unpaired) electrons. The molecule has 0 unspecified atom stereocenters. The maximum atomic E-state index is 4.74. The minimum absolute atomic E-state index is 0.641. The van der Waals surface area contributed by atoms with Crippen LogP contribution in [-0.2, 0) is 7.05 Å². The zero-order valence-corrected chi connectivity index (χ0v) is 13.5. The summed E-state index contributed by atoms with van der Waals surface area (Å²) >= 11 is 2.36. The smallest absolute Gasteiger partial charge is 0.110 e. The van der Waals surface area contributed by atoms with Gasteiger partial charge >= 0.3 is 0 Å². The zero-order valence-electron chi connectivity index (χ0n) is 11.3. The molecule has 1 aliphatic rings. The van der Waals surface area contributed by atoms with E-state index in [2.05, 4.69) is 50.0 Å². The second-order valence-electron chi connectivity index (χ2n) is 5.40. The van der Waals surface area contributed by atoms with Gasteiger partial charge in [-0.1, -0.05) is 5.21 Å². The molecule has 2 aromatic heterocycles. The van der Waals surface area contributed by atoms with Crippen LogP contribution in [0.25, 0.3) is 22.3 Å². The molecule has 1 aromatic carbocycles. The average Bonchev–Trinajstić information content (AvgIpc) is 3.08. The predicted molar refractivity (Wildman–Crippen MR) is 85.5 cm³/mol. The van der Waals surface area contributed by atoms with E-state index < -0.39 is 0 Å². The Hall–Kier alpha value is -1.44. The average molecular weight is 379 g/mol. The molecule has 5 nitrogen and oxygen atoms in total. The van der Waals surface area contributed by atoms with E-state index in [0.717, 1.165) is 33.8 Å². The molecule has 20 heavy (non-hydrogen) atoms. The molecule has 6 heteroatoms. The summed E-state index contributed by atoms with van der Waals surface area (Å²) in [7, 11) is 1.93. The van der Waals surface area contributed by atoms with Crippen molar-refractivity contribution in [3.63, 3.8) is 0 Å². The number of benzene rings is 1. The number of nitrogens with zero attached hydrogens (tertiary/aromatic N) is 4. The van der Waals surface area contributed by atoms with Gasteiger partial charge in [0, 0.05) is 22.1 Å². The number of aryl methyl sites for hydroxylation is 2. The first-order valence-corrected chi connectivity index (χ1v) is 7.77. The fraction of sp³-hybridized carbons (Fsp3) is 0.357.